The van der Waals surface area contributed by atoms with Gasteiger partial charge in [0.1, 0.15) is 24.1 Å². The number of aromatic nitrogens is 4. The van der Waals surface area contributed by atoms with Crippen LogP contribution in [0.1, 0.15) is 63.9 Å². The number of fused-ring (bicyclic) bond motifs is 1. The van der Waals surface area contributed by atoms with E-state index in [4.69, 9.17) is 4.74 Å². The summed E-state index contributed by atoms with van der Waals surface area (Å²) >= 11 is 0. The van der Waals surface area contributed by atoms with Crippen LogP contribution in [0.5, 0.6) is 0 Å². The molecule has 0 aliphatic carbocycles. The van der Waals surface area contributed by atoms with E-state index in [9.17, 15) is 20.1 Å². The molecule has 1 fully saturated rings. The molecular weight excluding hydrogens is 364 g/mol. The quantitative estimate of drug-likeness (QED) is 0.442. The van der Waals surface area contributed by atoms with E-state index in [1.165, 1.54) is 43.0 Å². The Hall–Kier alpha value is -1.81. The summed E-state index contributed by atoms with van der Waals surface area (Å²) in [5, 5.41) is 29.5. The van der Waals surface area contributed by atoms with Crippen molar-refractivity contribution in [3.05, 3.63) is 22.5 Å². The van der Waals surface area contributed by atoms with Crippen LogP contribution < -0.4 is 5.56 Å². The Morgan fingerprint density at radius 3 is 2.54 bits per heavy atom. The first-order valence-corrected chi connectivity index (χ1v) is 10.1. The van der Waals surface area contributed by atoms with Gasteiger partial charge in [-0.1, -0.05) is 45.4 Å². The Kier molecular flexibility index (Phi) is 7.17. The Labute approximate surface area is 163 Å². The molecule has 3 heterocycles. The molecule has 1 aliphatic heterocycles. The van der Waals surface area contributed by atoms with Crippen LogP contribution in [0.3, 0.4) is 0 Å². The van der Waals surface area contributed by atoms with Gasteiger partial charge < -0.3 is 25.0 Å². The molecule has 4 N–H and O–H groups in total. The van der Waals surface area contributed by atoms with Crippen LogP contribution in [0.2, 0.25) is 0 Å². The van der Waals surface area contributed by atoms with E-state index in [-0.39, 0.29) is 11.1 Å². The fourth-order valence-electron chi connectivity index (χ4n) is 3.64. The number of hydrogen-bond acceptors (Lipinski definition) is 7. The molecule has 1 aliphatic rings. The first-order chi connectivity index (χ1) is 13.6. The van der Waals surface area contributed by atoms with Gasteiger partial charge in [-0.15, -0.1) is 0 Å². The molecule has 2 aromatic rings. The van der Waals surface area contributed by atoms with Crippen molar-refractivity contribution in [2.24, 2.45) is 0 Å². The molecular formula is C19H30N4O5. The molecule has 4 unspecified atom stereocenters. The number of H-pyrrole nitrogens is 1. The summed E-state index contributed by atoms with van der Waals surface area (Å²) < 4.78 is 6.98. The van der Waals surface area contributed by atoms with Crippen molar-refractivity contribution >= 4 is 11.2 Å². The summed E-state index contributed by atoms with van der Waals surface area (Å²) in [4.78, 5) is 23.7. The van der Waals surface area contributed by atoms with Crippen LogP contribution in [0.25, 0.3) is 11.2 Å². The number of imidazole rings is 1. The second kappa shape index (κ2) is 9.60. The molecule has 1 saturated heterocycles. The van der Waals surface area contributed by atoms with Crippen LogP contribution >= 0.6 is 0 Å². The molecule has 0 aromatic carbocycles. The van der Waals surface area contributed by atoms with E-state index < -0.39 is 31.1 Å². The molecule has 9 heteroatoms. The van der Waals surface area contributed by atoms with Gasteiger partial charge in [-0.2, -0.15) is 0 Å². The number of nitrogens with zero attached hydrogens (tertiary/aromatic N) is 3. The van der Waals surface area contributed by atoms with Gasteiger partial charge in [0.25, 0.3) is 5.56 Å². The maximum Gasteiger partial charge on any atom is 0.279 e. The third kappa shape index (κ3) is 4.43. The standard InChI is InChI=1S/C19H30N4O5/c1-2-3-4-5-6-7-8-9-13-21-17-14(18(27)22-13)20-11-23(17)19-16(26)15(25)12(10-24)28-19/h11-12,15-16,19,24-26H,2-10H2,1H3,(H,21,22,27). The third-order valence-corrected chi connectivity index (χ3v) is 5.29. The van der Waals surface area contributed by atoms with Crippen molar-refractivity contribution < 1.29 is 20.1 Å². The summed E-state index contributed by atoms with van der Waals surface area (Å²) in [6.07, 6.45) is 5.88. The number of nitrogens with one attached hydrogen (secondary N) is 1. The molecule has 0 radical (unpaired) electrons. The number of rotatable bonds is 10. The lowest BCUT2D eigenvalue weighted by molar-refractivity contribution is -0.0511. The molecule has 9 nitrogen and oxygen atoms in total. The minimum Gasteiger partial charge on any atom is -0.394 e. The molecule has 0 saturated carbocycles. The highest BCUT2D eigenvalue weighted by molar-refractivity contribution is 5.69. The molecule has 0 amide bonds. The minimum absolute atomic E-state index is 0.154. The van der Waals surface area contributed by atoms with Crippen molar-refractivity contribution in [3.63, 3.8) is 0 Å². The van der Waals surface area contributed by atoms with E-state index in [0.717, 1.165) is 12.8 Å². The molecule has 156 valence electrons. The smallest absolute Gasteiger partial charge is 0.279 e. The maximum atomic E-state index is 12.3. The van der Waals surface area contributed by atoms with Gasteiger partial charge in [-0.25, -0.2) is 9.97 Å². The number of unbranched alkanes of at least 4 members (excludes halogenated alkanes) is 6. The predicted octanol–water partition coefficient (Wildman–Crippen LogP) is 1.02. The van der Waals surface area contributed by atoms with Gasteiger partial charge >= 0.3 is 0 Å². The third-order valence-electron chi connectivity index (χ3n) is 5.29. The van der Waals surface area contributed by atoms with Crippen LogP contribution in [-0.2, 0) is 11.2 Å². The molecule has 2 aromatic heterocycles. The van der Waals surface area contributed by atoms with Crippen LogP contribution in [-0.4, -0.2) is 59.8 Å². The summed E-state index contributed by atoms with van der Waals surface area (Å²) in [6.45, 7) is 1.78. The Morgan fingerprint density at radius 2 is 1.86 bits per heavy atom. The zero-order valence-corrected chi connectivity index (χ0v) is 16.3. The maximum absolute atomic E-state index is 12.3. The van der Waals surface area contributed by atoms with Crippen molar-refractivity contribution in [1.29, 1.82) is 0 Å². The van der Waals surface area contributed by atoms with Gasteiger partial charge in [-0.3, -0.25) is 9.36 Å². The lowest BCUT2D eigenvalue weighted by atomic mass is 10.1. The fraction of sp³-hybridized carbons (Fsp3) is 0.737. The molecule has 4 atom stereocenters. The van der Waals surface area contributed by atoms with Gasteiger partial charge in [-0.05, 0) is 6.42 Å². The highest BCUT2D eigenvalue weighted by Crippen LogP contribution is 2.30. The number of hydrogen-bond donors (Lipinski definition) is 4. The Balaban J connectivity index is 1.70. The first kappa shape index (κ1) is 20.9. The normalized spacial score (nSPS) is 25.0. The zero-order valence-electron chi connectivity index (χ0n) is 16.3. The van der Waals surface area contributed by atoms with Gasteiger partial charge in [0.05, 0.1) is 12.9 Å². The van der Waals surface area contributed by atoms with E-state index >= 15 is 0 Å². The molecule has 0 bridgehead atoms. The van der Waals surface area contributed by atoms with Crippen molar-refractivity contribution in [1.82, 2.24) is 19.5 Å². The lowest BCUT2D eigenvalue weighted by Crippen LogP contribution is -2.33. The van der Waals surface area contributed by atoms with Crippen LogP contribution in [0, 0.1) is 0 Å². The first-order valence-electron chi connectivity index (χ1n) is 10.1. The zero-order chi connectivity index (χ0) is 20.1. The van der Waals surface area contributed by atoms with Gasteiger partial charge in [0.15, 0.2) is 17.4 Å². The predicted molar refractivity (Wildman–Crippen MR) is 103 cm³/mol. The fourth-order valence-corrected chi connectivity index (χ4v) is 3.64. The van der Waals surface area contributed by atoms with Crippen LogP contribution in [0.15, 0.2) is 11.1 Å². The monoisotopic (exact) mass is 394 g/mol. The average molecular weight is 394 g/mol. The van der Waals surface area contributed by atoms with E-state index in [1.807, 2.05) is 0 Å². The van der Waals surface area contributed by atoms with Crippen LogP contribution in [0.4, 0.5) is 0 Å². The summed E-state index contributed by atoms with van der Waals surface area (Å²) in [5.74, 6) is 0.569. The van der Waals surface area contributed by atoms with Crippen molar-refractivity contribution in [3.8, 4) is 0 Å². The highest BCUT2D eigenvalue weighted by Gasteiger charge is 2.44. The molecule has 0 spiro atoms. The minimum atomic E-state index is -1.25. The number of aromatic amines is 1. The number of aliphatic hydroxyl groups is 3. The lowest BCUT2D eigenvalue weighted by Gasteiger charge is -2.16. The number of aryl methyl sites for hydroxylation is 1. The molecule has 3 rings (SSSR count). The SMILES string of the molecule is CCCCCCCCCc1nc2c(ncn2C2OC(CO)C(O)C2O)c(=O)[nH]1. The number of aliphatic hydroxyl groups excluding tert-OH is 3. The largest absolute Gasteiger partial charge is 0.394 e. The summed E-state index contributed by atoms with van der Waals surface area (Å²) in [6, 6.07) is 0. The molecule has 28 heavy (non-hydrogen) atoms. The second-order valence-corrected chi connectivity index (χ2v) is 7.44. The topological polar surface area (TPSA) is 133 Å². The van der Waals surface area contributed by atoms with Crippen molar-refractivity contribution in [2.75, 3.05) is 6.61 Å². The summed E-state index contributed by atoms with van der Waals surface area (Å²) in [7, 11) is 0. The summed E-state index contributed by atoms with van der Waals surface area (Å²) in [5.41, 5.74) is 0.117. The van der Waals surface area contributed by atoms with E-state index in [0.29, 0.717) is 17.9 Å². The van der Waals surface area contributed by atoms with Gasteiger partial charge in [0, 0.05) is 6.42 Å². The van der Waals surface area contributed by atoms with E-state index in [1.54, 1.807) is 0 Å². The van der Waals surface area contributed by atoms with E-state index in [2.05, 4.69) is 21.9 Å². The highest BCUT2D eigenvalue weighted by atomic mass is 16.6. The average Bonchev–Trinajstić information content (AvgIpc) is 3.23. The second-order valence-electron chi connectivity index (χ2n) is 7.44. The number of ether oxygens (including phenoxy) is 1. The Morgan fingerprint density at radius 1 is 1.14 bits per heavy atom. The Bertz CT molecular complexity index is 820. The van der Waals surface area contributed by atoms with Crippen molar-refractivity contribution in [2.45, 2.75) is 82.8 Å². The van der Waals surface area contributed by atoms with Gasteiger partial charge in [0.2, 0.25) is 0 Å².